The molecule has 1 N–H and O–H groups in total. The van der Waals surface area contributed by atoms with Gasteiger partial charge < -0.3 is 9.55 Å². The quantitative estimate of drug-likeness (QED) is 0.686. The van der Waals surface area contributed by atoms with Gasteiger partial charge in [-0.2, -0.15) is 11.3 Å². The van der Waals surface area contributed by atoms with Gasteiger partial charge in [0.15, 0.2) is 4.77 Å². The highest BCUT2D eigenvalue weighted by molar-refractivity contribution is 7.71. The van der Waals surface area contributed by atoms with E-state index in [1.165, 1.54) is 22.2 Å². The van der Waals surface area contributed by atoms with Crippen LogP contribution in [0, 0.1) is 18.6 Å². The summed E-state index contributed by atoms with van der Waals surface area (Å²) in [7, 11) is 0. The smallest absolute Gasteiger partial charge is 0.178 e. The molecule has 0 unspecified atom stereocenters. The van der Waals surface area contributed by atoms with E-state index in [2.05, 4.69) is 52.4 Å². The normalized spacial score (nSPS) is 11.2. The van der Waals surface area contributed by atoms with Crippen molar-refractivity contribution in [3.8, 4) is 0 Å². The van der Waals surface area contributed by atoms with Crippen molar-refractivity contribution in [2.45, 2.75) is 20.4 Å². The van der Waals surface area contributed by atoms with Crippen LogP contribution in [0.5, 0.6) is 0 Å². The number of rotatable bonds is 2. The summed E-state index contributed by atoms with van der Waals surface area (Å²) in [5.74, 6) is 0. The summed E-state index contributed by atoms with van der Waals surface area (Å²) in [4.78, 5) is 3.28. The molecule has 3 rings (SSSR count). The van der Waals surface area contributed by atoms with Crippen LogP contribution in [-0.4, -0.2) is 9.55 Å². The van der Waals surface area contributed by atoms with E-state index < -0.39 is 0 Å². The number of benzene rings is 1. The number of fused-ring (bicyclic) bond motifs is 1. The minimum Gasteiger partial charge on any atom is -0.331 e. The van der Waals surface area contributed by atoms with Gasteiger partial charge in [-0.3, -0.25) is 0 Å². The largest absolute Gasteiger partial charge is 0.331 e. The highest BCUT2D eigenvalue weighted by Gasteiger charge is 2.07. The molecule has 0 radical (unpaired) electrons. The zero-order chi connectivity index (χ0) is 12.7. The van der Waals surface area contributed by atoms with Gasteiger partial charge in [0, 0.05) is 0 Å². The lowest BCUT2D eigenvalue weighted by atomic mass is 10.2. The molecule has 92 valence electrons. The number of aromatic nitrogens is 2. The first-order valence-corrected chi connectivity index (χ1v) is 7.21. The number of imidazole rings is 1. The lowest BCUT2D eigenvalue weighted by Crippen LogP contribution is -1.99. The Morgan fingerprint density at radius 1 is 1.28 bits per heavy atom. The maximum absolute atomic E-state index is 5.42. The molecular formula is C14H14N2S2. The second kappa shape index (κ2) is 4.37. The Morgan fingerprint density at radius 3 is 2.83 bits per heavy atom. The molecule has 2 heterocycles. The summed E-state index contributed by atoms with van der Waals surface area (Å²) >= 11 is 7.17. The van der Waals surface area contributed by atoms with Crippen LogP contribution in [0.15, 0.2) is 29.0 Å². The van der Waals surface area contributed by atoms with Crippen molar-refractivity contribution in [2.24, 2.45) is 0 Å². The van der Waals surface area contributed by atoms with Gasteiger partial charge in [-0.1, -0.05) is 6.07 Å². The van der Waals surface area contributed by atoms with Gasteiger partial charge >= 0.3 is 0 Å². The Labute approximate surface area is 115 Å². The molecule has 18 heavy (non-hydrogen) atoms. The molecule has 0 saturated heterocycles. The first-order chi connectivity index (χ1) is 8.65. The van der Waals surface area contributed by atoms with Crippen molar-refractivity contribution >= 4 is 34.6 Å². The highest BCUT2D eigenvalue weighted by atomic mass is 32.1. The van der Waals surface area contributed by atoms with E-state index >= 15 is 0 Å². The van der Waals surface area contributed by atoms with Gasteiger partial charge in [-0.05, 0) is 65.6 Å². The topological polar surface area (TPSA) is 20.7 Å². The van der Waals surface area contributed by atoms with Gasteiger partial charge in [-0.15, -0.1) is 0 Å². The van der Waals surface area contributed by atoms with Gasteiger partial charge in [0.05, 0.1) is 17.6 Å². The van der Waals surface area contributed by atoms with E-state index in [4.69, 9.17) is 12.2 Å². The first kappa shape index (κ1) is 11.7. The predicted molar refractivity (Wildman–Crippen MR) is 80.0 cm³/mol. The van der Waals surface area contributed by atoms with E-state index in [0.717, 1.165) is 16.8 Å². The minimum atomic E-state index is 0.793. The van der Waals surface area contributed by atoms with Crippen LogP contribution in [-0.2, 0) is 6.54 Å². The monoisotopic (exact) mass is 274 g/mol. The Hall–Kier alpha value is -1.39. The molecular weight excluding hydrogens is 260 g/mol. The number of aromatic amines is 1. The maximum Gasteiger partial charge on any atom is 0.178 e. The molecule has 0 bridgehead atoms. The van der Waals surface area contributed by atoms with Crippen LogP contribution in [0.4, 0.5) is 0 Å². The molecule has 0 aliphatic heterocycles. The van der Waals surface area contributed by atoms with Gasteiger partial charge in [0.1, 0.15) is 0 Å². The molecule has 2 aromatic heterocycles. The Kier molecular flexibility index (Phi) is 2.84. The van der Waals surface area contributed by atoms with Crippen LogP contribution >= 0.6 is 23.6 Å². The standard InChI is InChI=1S/C14H14N2S2/c1-9-3-4-13-12(5-9)15-14(17)16(13)6-11-8-18-7-10(11)2/h3-5,7-8H,6H2,1-2H3,(H,15,17). The van der Waals surface area contributed by atoms with E-state index in [1.54, 1.807) is 11.3 Å². The van der Waals surface area contributed by atoms with Crippen LogP contribution in [0.25, 0.3) is 11.0 Å². The zero-order valence-electron chi connectivity index (χ0n) is 10.4. The van der Waals surface area contributed by atoms with Crippen LogP contribution in [0.1, 0.15) is 16.7 Å². The van der Waals surface area contributed by atoms with Crippen molar-refractivity contribution < 1.29 is 0 Å². The molecule has 0 aliphatic rings. The fourth-order valence-electron chi connectivity index (χ4n) is 2.15. The lowest BCUT2D eigenvalue weighted by molar-refractivity contribution is 0.808. The Bertz CT molecular complexity index is 762. The first-order valence-electron chi connectivity index (χ1n) is 5.86. The number of nitrogens with zero attached hydrogens (tertiary/aromatic N) is 1. The van der Waals surface area contributed by atoms with Gasteiger partial charge in [0.2, 0.25) is 0 Å². The number of nitrogens with one attached hydrogen (secondary N) is 1. The third kappa shape index (κ3) is 1.91. The zero-order valence-corrected chi connectivity index (χ0v) is 12.0. The van der Waals surface area contributed by atoms with Crippen molar-refractivity contribution in [1.82, 2.24) is 9.55 Å². The highest BCUT2D eigenvalue weighted by Crippen LogP contribution is 2.20. The molecule has 0 aliphatic carbocycles. The summed E-state index contributed by atoms with van der Waals surface area (Å²) in [6.45, 7) is 5.09. The average molecular weight is 274 g/mol. The van der Waals surface area contributed by atoms with E-state index in [1.807, 2.05) is 0 Å². The summed E-state index contributed by atoms with van der Waals surface area (Å²) in [6, 6.07) is 6.41. The molecule has 1 aromatic carbocycles. The summed E-state index contributed by atoms with van der Waals surface area (Å²) in [5, 5.41) is 4.38. The molecule has 0 fully saturated rings. The minimum absolute atomic E-state index is 0.793. The van der Waals surface area contributed by atoms with Crippen molar-refractivity contribution in [3.05, 3.63) is 50.4 Å². The lowest BCUT2D eigenvalue weighted by Gasteiger charge is -2.04. The number of hydrogen-bond acceptors (Lipinski definition) is 2. The van der Waals surface area contributed by atoms with Crippen LogP contribution in [0.2, 0.25) is 0 Å². The van der Waals surface area contributed by atoms with Crippen LogP contribution in [0.3, 0.4) is 0 Å². The molecule has 0 amide bonds. The molecule has 0 atom stereocenters. The van der Waals surface area contributed by atoms with Crippen molar-refractivity contribution in [3.63, 3.8) is 0 Å². The Morgan fingerprint density at radius 2 is 2.11 bits per heavy atom. The number of aryl methyl sites for hydroxylation is 2. The molecule has 4 heteroatoms. The fourth-order valence-corrected chi connectivity index (χ4v) is 3.27. The molecule has 2 nitrogen and oxygen atoms in total. The third-order valence-electron chi connectivity index (χ3n) is 3.22. The van der Waals surface area contributed by atoms with E-state index in [0.29, 0.717) is 0 Å². The number of thiophene rings is 1. The fraction of sp³-hybridized carbons (Fsp3) is 0.214. The van der Waals surface area contributed by atoms with E-state index in [-0.39, 0.29) is 0 Å². The predicted octanol–water partition coefficient (Wildman–Crippen LogP) is 4.43. The van der Waals surface area contributed by atoms with E-state index in [9.17, 15) is 0 Å². The molecule has 3 aromatic rings. The summed E-state index contributed by atoms with van der Waals surface area (Å²) < 4.78 is 2.96. The van der Waals surface area contributed by atoms with Crippen molar-refractivity contribution in [1.29, 1.82) is 0 Å². The third-order valence-corrected chi connectivity index (χ3v) is 4.45. The number of hydrogen-bond donors (Lipinski definition) is 1. The van der Waals surface area contributed by atoms with Gasteiger partial charge in [0.25, 0.3) is 0 Å². The van der Waals surface area contributed by atoms with Crippen molar-refractivity contribution in [2.75, 3.05) is 0 Å². The number of H-pyrrole nitrogens is 1. The van der Waals surface area contributed by atoms with Crippen LogP contribution < -0.4 is 0 Å². The second-order valence-electron chi connectivity index (χ2n) is 4.62. The molecule has 0 saturated carbocycles. The summed E-state index contributed by atoms with van der Waals surface area (Å²) in [6.07, 6.45) is 0. The second-order valence-corrected chi connectivity index (χ2v) is 5.75. The SMILES string of the molecule is Cc1ccc2c(c1)[nH]c(=S)n2Cc1cscc1C. The molecule has 0 spiro atoms. The average Bonchev–Trinajstić information content (AvgIpc) is 2.85. The maximum atomic E-state index is 5.42. The Balaban J connectivity index is 2.15. The van der Waals surface area contributed by atoms with Gasteiger partial charge in [-0.25, -0.2) is 0 Å². The summed E-state index contributed by atoms with van der Waals surface area (Å²) in [5.41, 5.74) is 6.22.